The third-order valence-corrected chi connectivity index (χ3v) is 6.45. The van der Waals surface area contributed by atoms with E-state index in [4.69, 9.17) is 5.11 Å². The largest absolute Gasteiger partial charge is 0.573 e. The van der Waals surface area contributed by atoms with Crippen molar-refractivity contribution in [2.45, 2.75) is 25.1 Å². The molecule has 11 heteroatoms. The number of hydrogen-bond acceptors (Lipinski definition) is 5. The van der Waals surface area contributed by atoms with Gasteiger partial charge in [0.05, 0.1) is 5.01 Å². The lowest BCUT2D eigenvalue weighted by molar-refractivity contribution is -0.274. The number of rotatable bonds is 5. The fourth-order valence-corrected chi connectivity index (χ4v) is 4.73. The normalized spacial score (nSPS) is 14.6. The van der Waals surface area contributed by atoms with E-state index in [0.29, 0.717) is 42.7 Å². The van der Waals surface area contributed by atoms with Gasteiger partial charge in [0.15, 0.2) is 0 Å². The van der Waals surface area contributed by atoms with Gasteiger partial charge in [-0.05, 0) is 36.6 Å². The Bertz CT molecular complexity index is 1170. The van der Waals surface area contributed by atoms with Crippen LogP contribution in [0.3, 0.4) is 0 Å². The average Bonchev–Trinajstić information content (AvgIpc) is 3.30. The number of likely N-dealkylation sites (tertiary alicyclic amines) is 1. The molecule has 7 nitrogen and oxygen atoms in total. The fourth-order valence-electron chi connectivity index (χ4n) is 3.76. The molecule has 0 saturated carbocycles. The average molecular weight is 491 g/mol. The number of nitrogens with one attached hydrogen (secondary N) is 1. The highest BCUT2D eigenvalue weighted by molar-refractivity contribution is 7.10. The summed E-state index contributed by atoms with van der Waals surface area (Å²) in [5, 5.41) is 14.4. The maximum atomic E-state index is 12.8. The number of piperidine rings is 1. The van der Waals surface area contributed by atoms with E-state index in [-0.39, 0.29) is 17.4 Å². The maximum absolute atomic E-state index is 12.8. The predicted molar refractivity (Wildman–Crippen MR) is 120 cm³/mol. The maximum Gasteiger partial charge on any atom is 0.573 e. The molecule has 1 aliphatic rings. The summed E-state index contributed by atoms with van der Waals surface area (Å²) in [5.74, 6) is -0.635. The topological polar surface area (TPSA) is 91.8 Å². The van der Waals surface area contributed by atoms with Crippen molar-refractivity contribution in [2.24, 2.45) is 0 Å². The number of ether oxygens (including phenoxy) is 1. The van der Waals surface area contributed by atoms with Crippen LogP contribution in [0.1, 0.15) is 34.3 Å². The number of thiazole rings is 1. The standard InChI is InChI=1S/C23H20F3N3O4S/c24-23(25,26)33-16-7-5-14(6-8-16)17-3-1-2-4-18(17)27-20(30)19-13-34-21(28-19)15-9-11-29(12-10-15)22(31)32/h1-8,13,15H,9-12H2,(H,27,30)(H,31,32). The molecule has 2 amide bonds. The van der Waals surface area contributed by atoms with E-state index in [2.05, 4.69) is 15.0 Å². The third-order valence-electron chi connectivity index (χ3n) is 5.44. The third kappa shape index (κ3) is 5.66. The highest BCUT2D eigenvalue weighted by atomic mass is 32.1. The lowest BCUT2D eigenvalue weighted by atomic mass is 9.98. The summed E-state index contributed by atoms with van der Waals surface area (Å²) < 4.78 is 41.1. The highest BCUT2D eigenvalue weighted by Crippen LogP contribution is 2.33. The van der Waals surface area contributed by atoms with Crippen LogP contribution in [0.4, 0.5) is 23.7 Å². The molecule has 0 spiro atoms. The second-order valence-corrected chi connectivity index (χ2v) is 8.58. The number of carbonyl (C=O) groups excluding carboxylic acids is 1. The second kappa shape index (κ2) is 9.72. The molecule has 1 fully saturated rings. The summed E-state index contributed by atoms with van der Waals surface area (Å²) in [5.41, 5.74) is 1.98. The summed E-state index contributed by atoms with van der Waals surface area (Å²) in [6, 6.07) is 12.3. The molecule has 1 aromatic heterocycles. The molecule has 4 rings (SSSR count). The number of para-hydroxylation sites is 1. The van der Waals surface area contributed by atoms with Gasteiger partial charge in [-0.25, -0.2) is 9.78 Å². The van der Waals surface area contributed by atoms with Crippen LogP contribution in [0, 0.1) is 0 Å². The molecule has 0 atom stereocenters. The molecule has 0 aliphatic carbocycles. The van der Waals surface area contributed by atoms with Gasteiger partial charge in [0.25, 0.3) is 5.91 Å². The van der Waals surface area contributed by atoms with E-state index in [9.17, 15) is 22.8 Å². The van der Waals surface area contributed by atoms with E-state index in [0.717, 1.165) is 5.01 Å². The van der Waals surface area contributed by atoms with Gasteiger partial charge in [-0.2, -0.15) is 0 Å². The molecular formula is C23H20F3N3O4S. The van der Waals surface area contributed by atoms with Crippen LogP contribution in [-0.2, 0) is 0 Å². The van der Waals surface area contributed by atoms with Crippen molar-refractivity contribution in [2.75, 3.05) is 18.4 Å². The Morgan fingerprint density at radius 3 is 2.41 bits per heavy atom. The Labute approximate surface area is 196 Å². The summed E-state index contributed by atoms with van der Waals surface area (Å²) in [7, 11) is 0. The Hall–Kier alpha value is -3.60. The van der Waals surface area contributed by atoms with E-state index in [1.54, 1.807) is 29.6 Å². The number of hydrogen-bond donors (Lipinski definition) is 2. The smallest absolute Gasteiger partial charge is 0.465 e. The number of benzene rings is 2. The summed E-state index contributed by atoms with van der Waals surface area (Å²) in [4.78, 5) is 29.8. The van der Waals surface area contributed by atoms with Crippen molar-refractivity contribution in [1.29, 1.82) is 0 Å². The van der Waals surface area contributed by atoms with Gasteiger partial charge in [0.2, 0.25) is 0 Å². The molecule has 1 saturated heterocycles. The summed E-state index contributed by atoms with van der Waals surface area (Å²) >= 11 is 1.37. The molecule has 1 aliphatic heterocycles. The lowest BCUT2D eigenvalue weighted by Gasteiger charge is -2.28. The molecule has 2 aromatic carbocycles. The molecule has 0 radical (unpaired) electrons. The Kier molecular flexibility index (Phi) is 6.73. The van der Waals surface area contributed by atoms with Crippen LogP contribution in [0.25, 0.3) is 11.1 Å². The van der Waals surface area contributed by atoms with Gasteiger partial charge in [0.1, 0.15) is 11.4 Å². The van der Waals surface area contributed by atoms with Crippen LogP contribution >= 0.6 is 11.3 Å². The van der Waals surface area contributed by atoms with Gasteiger partial charge >= 0.3 is 12.5 Å². The molecule has 34 heavy (non-hydrogen) atoms. The van der Waals surface area contributed by atoms with Crippen LogP contribution in [0.15, 0.2) is 53.9 Å². The van der Waals surface area contributed by atoms with E-state index < -0.39 is 18.4 Å². The number of amides is 2. The number of aromatic nitrogens is 1. The van der Waals surface area contributed by atoms with Gasteiger partial charge in [0, 0.05) is 35.6 Å². The van der Waals surface area contributed by atoms with Crippen LogP contribution in [0.2, 0.25) is 0 Å². The second-order valence-electron chi connectivity index (χ2n) is 7.69. The van der Waals surface area contributed by atoms with Crippen molar-refractivity contribution < 1.29 is 32.6 Å². The highest BCUT2D eigenvalue weighted by Gasteiger charge is 2.31. The zero-order valence-electron chi connectivity index (χ0n) is 17.7. The van der Waals surface area contributed by atoms with Crippen molar-refractivity contribution in [3.05, 3.63) is 64.6 Å². The molecule has 3 aromatic rings. The first-order valence-electron chi connectivity index (χ1n) is 10.4. The molecule has 2 heterocycles. The van der Waals surface area contributed by atoms with Gasteiger partial charge in [-0.3, -0.25) is 4.79 Å². The molecule has 0 unspecified atom stereocenters. The predicted octanol–water partition coefficient (Wildman–Crippen LogP) is 5.82. The Morgan fingerprint density at radius 2 is 1.76 bits per heavy atom. The fraction of sp³-hybridized carbons (Fsp3) is 0.261. The number of carboxylic acid groups (broad SMARTS) is 1. The summed E-state index contributed by atoms with van der Waals surface area (Å²) in [6.07, 6.45) is -4.40. The quantitative estimate of drug-likeness (QED) is 0.469. The van der Waals surface area contributed by atoms with E-state index in [1.807, 2.05) is 0 Å². The minimum Gasteiger partial charge on any atom is -0.465 e. The summed E-state index contributed by atoms with van der Waals surface area (Å²) in [6.45, 7) is 0.864. The minimum atomic E-state index is -4.77. The van der Waals surface area contributed by atoms with Crippen molar-refractivity contribution in [3.63, 3.8) is 0 Å². The molecular weight excluding hydrogens is 471 g/mol. The molecule has 178 valence electrons. The first-order valence-corrected chi connectivity index (χ1v) is 11.3. The van der Waals surface area contributed by atoms with E-state index >= 15 is 0 Å². The first-order chi connectivity index (χ1) is 16.2. The number of carbonyl (C=O) groups is 2. The van der Waals surface area contributed by atoms with Crippen molar-refractivity contribution in [3.8, 4) is 16.9 Å². The van der Waals surface area contributed by atoms with Crippen molar-refractivity contribution >= 4 is 29.0 Å². The Balaban J connectivity index is 1.45. The van der Waals surface area contributed by atoms with Gasteiger partial charge in [-0.15, -0.1) is 24.5 Å². The minimum absolute atomic E-state index is 0.104. The van der Waals surface area contributed by atoms with Crippen LogP contribution < -0.4 is 10.1 Å². The molecule has 2 N–H and O–H groups in total. The lowest BCUT2D eigenvalue weighted by Crippen LogP contribution is -2.36. The van der Waals surface area contributed by atoms with Crippen LogP contribution in [0.5, 0.6) is 5.75 Å². The van der Waals surface area contributed by atoms with Crippen LogP contribution in [-0.4, -0.2) is 46.4 Å². The number of alkyl halides is 3. The van der Waals surface area contributed by atoms with Gasteiger partial charge in [-0.1, -0.05) is 30.3 Å². The zero-order chi connectivity index (χ0) is 24.3. The number of halogens is 3. The van der Waals surface area contributed by atoms with Gasteiger partial charge < -0.3 is 20.1 Å². The van der Waals surface area contributed by atoms with E-state index in [1.165, 1.54) is 40.5 Å². The Morgan fingerprint density at radius 1 is 1.09 bits per heavy atom. The number of anilines is 1. The zero-order valence-corrected chi connectivity index (χ0v) is 18.5. The monoisotopic (exact) mass is 491 g/mol. The van der Waals surface area contributed by atoms with Crippen molar-refractivity contribution in [1.82, 2.24) is 9.88 Å². The SMILES string of the molecule is O=C(Nc1ccccc1-c1ccc(OC(F)(F)F)cc1)c1csc(C2CCN(C(=O)O)CC2)n1. The molecule has 0 bridgehead atoms. The first kappa shape index (κ1) is 23.6. The number of nitrogens with zero attached hydrogens (tertiary/aromatic N) is 2.